The number of carboxylic acids is 1. The van der Waals surface area contributed by atoms with Gasteiger partial charge in [0.25, 0.3) is 5.91 Å². The van der Waals surface area contributed by atoms with Crippen LogP contribution in [-0.4, -0.2) is 84.5 Å². The van der Waals surface area contributed by atoms with Crippen LogP contribution in [0.15, 0.2) is 18.2 Å². The molecule has 0 bridgehead atoms. The summed E-state index contributed by atoms with van der Waals surface area (Å²) in [5, 5.41) is 9.80. The summed E-state index contributed by atoms with van der Waals surface area (Å²) in [6, 6.07) is 5.34. The molecule has 2 fully saturated rings. The van der Waals surface area contributed by atoms with Crippen LogP contribution in [0.4, 0.5) is 16.2 Å². The van der Waals surface area contributed by atoms with Crippen LogP contribution in [-0.2, 0) is 23.9 Å². The zero-order valence-corrected chi connectivity index (χ0v) is 24.3. The molecule has 1 aromatic rings. The number of nitrogens with zero attached hydrogens (tertiary/aromatic N) is 3. The number of carbonyl (C=O) groups excluding carboxylic acids is 3. The molecule has 220 valence electrons. The zero-order chi connectivity index (χ0) is 29.4. The van der Waals surface area contributed by atoms with Crippen LogP contribution < -0.4 is 14.5 Å². The Kier molecular flexibility index (Phi) is 8.35. The maximum Gasteiger partial charge on any atom is 0.410 e. The molecule has 1 N–H and O–H groups in total. The number of likely N-dealkylation sites (tertiary alicyclic amines) is 1. The van der Waals surface area contributed by atoms with E-state index in [1.54, 1.807) is 69.7 Å². The fraction of sp³-hybridized carbons (Fsp3) is 0.655. The van der Waals surface area contributed by atoms with Gasteiger partial charge in [-0.25, -0.2) is 4.79 Å². The molecule has 2 atom stereocenters. The van der Waals surface area contributed by atoms with E-state index in [0.29, 0.717) is 36.7 Å². The number of carbonyl (C=O) groups is 4. The third-order valence-electron chi connectivity index (χ3n) is 7.32. The summed E-state index contributed by atoms with van der Waals surface area (Å²) in [4.78, 5) is 56.9. The molecule has 1 saturated heterocycles. The molecule has 0 radical (unpaired) electrons. The molecular formula is C29H41N3O8. The standard InChI is InChI=1S/C29H41N3O8/c1-28(2,3)40-27(37)30-16-18(14-19(17-30)25(34)35)24(33)32(20-8-9-20)21-10-11-23-22(15-21)31(12-7-13-38-6)26(36)29(4,5)39-23/h10-11,15,18-20H,7-9,12-14,16-17H2,1-6H3,(H,34,35)/t18-,19+/m1/s1. The maximum absolute atomic E-state index is 14.1. The van der Waals surface area contributed by atoms with Crippen molar-refractivity contribution in [2.75, 3.05) is 43.2 Å². The highest BCUT2D eigenvalue weighted by Crippen LogP contribution is 2.43. The number of hydrogen-bond acceptors (Lipinski definition) is 7. The molecule has 11 heteroatoms. The Hall–Kier alpha value is -3.34. The summed E-state index contributed by atoms with van der Waals surface area (Å²) < 4.78 is 16.7. The lowest BCUT2D eigenvalue weighted by atomic mass is 9.88. The van der Waals surface area contributed by atoms with Gasteiger partial charge in [0.1, 0.15) is 11.4 Å². The molecule has 1 aliphatic carbocycles. The van der Waals surface area contributed by atoms with Crippen molar-refractivity contribution in [1.29, 1.82) is 0 Å². The number of aliphatic carboxylic acids is 1. The van der Waals surface area contributed by atoms with Gasteiger partial charge in [-0.15, -0.1) is 0 Å². The van der Waals surface area contributed by atoms with Crippen LogP contribution >= 0.6 is 0 Å². The molecule has 40 heavy (non-hydrogen) atoms. The highest BCUT2D eigenvalue weighted by Gasteiger charge is 2.45. The van der Waals surface area contributed by atoms with Crippen molar-refractivity contribution >= 4 is 35.3 Å². The number of carboxylic acid groups (broad SMARTS) is 1. The fourth-order valence-corrected chi connectivity index (χ4v) is 5.27. The van der Waals surface area contributed by atoms with Gasteiger partial charge in [-0.1, -0.05) is 0 Å². The Bertz CT molecular complexity index is 1160. The van der Waals surface area contributed by atoms with Crippen molar-refractivity contribution in [3.05, 3.63) is 18.2 Å². The second-order valence-corrected chi connectivity index (χ2v) is 12.4. The van der Waals surface area contributed by atoms with Crippen LogP contribution in [0.1, 0.15) is 60.3 Å². The highest BCUT2D eigenvalue weighted by atomic mass is 16.6. The predicted octanol–water partition coefficient (Wildman–Crippen LogP) is 3.68. The predicted molar refractivity (Wildman–Crippen MR) is 148 cm³/mol. The third-order valence-corrected chi connectivity index (χ3v) is 7.32. The van der Waals surface area contributed by atoms with Gasteiger partial charge in [0.2, 0.25) is 5.91 Å². The van der Waals surface area contributed by atoms with E-state index in [2.05, 4.69) is 0 Å². The van der Waals surface area contributed by atoms with Crippen molar-refractivity contribution in [2.45, 2.75) is 77.5 Å². The minimum atomic E-state index is -1.05. The zero-order valence-electron chi connectivity index (χ0n) is 24.3. The SMILES string of the molecule is COCCCN1C(=O)C(C)(C)Oc2ccc(N(C(=O)[C@@H]3C[C@H](C(=O)O)CN(C(=O)OC(C)(C)C)C3)C3CC3)cc21. The topological polar surface area (TPSA) is 126 Å². The van der Waals surface area contributed by atoms with E-state index in [0.717, 1.165) is 12.8 Å². The summed E-state index contributed by atoms with van der Waals surface area (Å²) in [6.07, 6.45) is 1.75. The summed E-state index contributed by atoms with van der Waals surface area (Å²) in [5.74, 6) is -2.52. The number of benzene rings is 1. The van der Waals surface area contributed by atoms with Crippen molar-refractivity contribution in [2.24, 2.45) is 11.8 Å². The number of rotatable bonds is 8. The smallest absolute Gasteiger partial charge is 0.410 e. The van der Waals surface area contributed by atoms with Gasteiger partial charge < -0.3 is 34.0 Å². The van der Waals surface area contributed by atoms with Gasteiger partial charge in [0, 0.05) is 45.1 Å². The molecule has 1 saturated carbocycles. The van der Waals surface area contributed by atoms with Crippen LogP contribution in [0, 0.1) is 11.8 Å². The van der Waals surface area contributed by atoms with Gasteiger partial charge in [0.15, 0.2) is 5.60 Å². The number of methoxy groups -OCH3 is 1. The van der Waals surface area contributed by atoms with Crippen LogP contribution in [0.5, 0.6) is 5.75 Å². The lowest BCUT2D eigenvalue weighted by Crippen LogP contribution is -2.53. The minimum absolute atomic E-state index is 0.0119. The van der Waals surface area contributed by atoms with E-state index in [4.69, 9.17) is 14.2 Å². The van der Waals surface area contributed by atoms with Gasteiger partial charge in [-0.05, 0) is 78.5 Å². The average Bonchev–Trinajstić information content (AvgIpc) is 3.70. The van der Waals surface area contributed by atoms with E-state index in [-0.39, 0.29) is 37.4 Å². The number of anilines is 2. The Labute approximate surface area is 235 Å². The van der Waals surface area contributed by atoms with Crippen LogP contribution in [0.3, 0.4) is 0 Å². The molecule has 11 nitrogen and oxygen atoms in total. The molecule has 0 aromatic heterocycles. The molecule has 2 heterocycles. The van der Waals surface area contributed by atoms with E-state index < -0.39 is 35.1 Å². The van der Waals surface area contributed by atoms with Gasteiger partial charge in [0.05, 0.1) is 17.5 Å². The first kappa shape index (κ1) is 29.6. The molecule has 1 aromatic carbocycles. The number of hydrogen-bond donors (Lipinski definition) is 1. The highest BCUT2D eigenvalue weighted by molar-refractivity contribution is 6.04. The van der Waals surface area contributed by atoms with Gasteiger partial charge in [-0.2, -0.15) is 0 Å². The van der Waals surface area contributed by atoms with Crippen LogP contribution in [0.2, 0.25) is 0 Å². The number of ether oxygens (including phenoxy) is 3. The molecule has 3 amide bonds. The summed E-state index contributed by atoms with van der Waals surface area (Å²) in [6.45, 7) is 9.67. The average molecular weight is 560 g/mol. The quantitative estimate of drug-likeness (QED) is 0.478. The van der Waals surface area contributed by atoms with E-state index in [1.807, 2.05) is 0 Å². The van der Waals surface area contributed by atoms with Crippen molar-refractivity contribution in [3.8, 4) is 5.75 Å². The first-order valence-electron chi connectivity index (χ1n) is 13.9. The third kappa shape index (κ3) is 6.51. The second-order valence-electron chi connectivity index (χ2n) is 12.4. The first-order chi connectivity index (χ1) is 18.7. The number of fused-ring (bicyclic) bond motifs is 1. The Morgan fingerprint density at radius 1 is 1.15 bits per heavy atom. The summed E-state index contributed by atoms with van der Waals surface area (Å²) >= 11 is 0. The Morgan fingerprint density at radius 3 is 2.42 bits per heavy atom. The van der Waals surface area contributed by atoms with Gasteiger partial charge >= 0.3 is 12.1 Å². The monoisotopic (exact) mass is 559 g/mol. The lowest BCUT2D eigenvalue weighted by molar-refractivity contribution is -0.145. The molecular weight excluding hydrogens is 518 g/mol. The lowest BCUT2D eigenvalue weighted by Gasteiger charge is -2.40. The summed E-state index contributed by atoms with van der Waals surface area (Å²) in [5.41, 5.74) is -0.592. The van der Waals surface area contributed by atoms with E-state index in [9.17, 15) is 24.3 Å². The molecule has 0 unspecified atom stereocenters. The molecule has 3 aliphatic rings. The Morgan fingerprint density at radius 2 is 1.82 bits per heavy atom. The maximum atomic E-state index is 14.1. The normalized spacial score (nSPS) is 22.3. The number of amides is 3. The van der Waals surface area contributed by atoms with Crippen molar-refractivity contribution in [1.82, 2.24) is 4.90 Å². The fourth-order valence-electron chi connectivity index (χ4n) is 5.27. The van der Waals surface area contributed by atoms with Crippen molar-refractivity contribution < 1.29 is 38.5 Å². The Balaban J connectivity index is 1.63. The second kappa shape index (κ2) is 11.3. The minimum Gasteiger partial charge on any atom is -0.481 e. The molecule has 4 rings (SSSR count). The van der Waals surface area contributed by atoms with E-state index >= 15 is 0 Å². The van der Waals surface area contributed by atoms with Gasteiger partial charge in [-0.3, -0.25) is 14.4 Å². The van der Waals surface area contributed by atoms with Crippen molar-refractivity contribution in [3.63, 3.8) is 0 Å². The molecule has 2 aliphatic heterocycles. The largest absolute Gasteiger partial charge is 0.481 e. The first-order valence-corrected chi connectivity index (χ1v) is 13.9. The van der Waals surface area contributed by atoms with E-state index in [1.165, 1.54) is 4.90 Å². The number of piperidine rings is 1. The van der Waals surface area contributed by atoms with Crippen LogP contribution in [0.25, 0.3) is 0 Å². The molecule has 0 spiro atoms. The summed E-state index contributed by atoms with van der Waals surface area (Å²) in [7, 11) is 1.61.